The molecule has 1 aromatic carbocycles. The molecule has 2 N–H and O–H groups in total. The van der Waals surface area contributed by atoms with E-state index in [0.717, 1.165) is 21.5 Å². The van der Waals surface area contributed by atoms with Crippen LogP contribution in [0.3, 0.4) is 0 Å². The van der Waals surface area contributed by atoms with Gasteiger partial charge < -0.3 is 10.5 Å². The van der Waals surface area contributed by atoms with Crippen LogP contribution >= 0.6 is 15.9 Å². The largest absolute Gasteiger partial charge is 0.486 e. The molecule has 90 valence electrons. The van der Waals surface area contributed by atoms with Crippen LogP contribution < -0.4 is 10.5 Å². The molecule has 0 aliphatic heterocycles. The highest BCUT2D eigenvalue weighted by molar-refractivity contribution is 9.10. The molecule has 1 heterocycles. The monoisotopic (exact) mass is 295 g/mol. The number of para-hydroxylation sites is 1. The zero-order valence-corrected chi connectivity index (χ0v) is 11.1. The standard InChI is InChI=1S/C12H14BrN3O/c1-16-6-5-10(15-16)8-17-12-9(7-14)3-2-4-11(12)13/h2-6H,7-8,14H2,1H3. The van der Waals surface area contributed by atoms with E-state index in [1.54, 1.807) is 4.68 Å². The van der Waals surface area contributed by atoms with Gasteiger partial charge in [0, 0.05) is 25.4 Å². The Morgan fingerprint density at radius 1 is 1.41 bits per heavy atom. The number of nitrogens with two attached hydrogens (primary N) is 1. The maximum absolute atomic E-state index is 5.76. The minimum atomic E-state index is 0.441. The van der Waals surface area contributed by atoms with Gasteiger partial charge >= 0.3 is 0 Å². The van der Waals surface area contributed by atoms with Gasteiger partial charge in [0.15, 0.2) is 0 Å². The van der Waals surface area contributed by atoms with Crippen molar-refractivity contribution in [3.05, 3.63) is 46.2 Å². The number of hydrogen-bond donors (Lipinski definition) is 1. The van der Waals surface area contributed by atoms with Crippen molar-refractivity contribution >= 4 is 15.9 Å². The predicted molar refractivity (Wildman–Crippen MR) is 69.6 cm³/mol. The van der Waals surface area contributed by atoms with Gasteiger partial charge in [-0.15, -0.1) is 0 Å². The second-order valence-corrected chi connectivity index (χ2v) is 4.56. The Hall–Kier alpha value is -1.33. The number of aryl methyl sites for hydroxylation is 1. The van der Waals surface area contributed by atoms with Gasteiger partial charge in [-0.1, -0.05) is 12.1 Å². The first-order valence-electron chi connectivity index (χ1n) is 5.29. The number of hydrogen-bond acceptors (Lipinski definition) is 3. The molecule has 1 aromatic heterocycles. The second-order valence-electron chi connectivity index (χ2n) is 3.70. The molecule has 4 nitrogen and oxygen atoms in total. The number of nitrogens with zero attached hydrogens (tertiary/aromatic N) is 2. The van der Waals surface area contributed by atoms with Crippen molar-refractivity contribution in [2.24, 2.45) is 12.8 Å². The van der Waals surface area contributed by atoms with E-state index in [-0.39, 0.29) is 0 Å². The normalized spacial score (nSPS) is 10.5. The molecule has 0 aliphatic rings. The molecule has 0 unspecified atom stereocenters. The van der Waals surface area contributed by atoms with E-state index in [2.05, 4.69) is 21.0 Å². The van der Waals surface area contributed by atoms with Crippen molar-refractivity contribution in [2.45, 2.75) is 13.2 Å². The first kappa shape index (κ1) is 12.1. The molecular weight excluding hydrogens is 282 g/mol. The lowest BCUT2D eigenvalue weighted by Crippen LogP contribution is -2.04. The molecule has 0 radical (unpaired) electrons. The van der Waals surface area contributed by atoms with Crippen LogP contribution in [0.5, 0.6) is 5.75 Å². The molecular formula is C12H14BrN3O. The summed E-state index contributed by atoms with van der Waals surface area (Å²) in [5, 5.41) is 4.26. The number of halogens is 1. The van der Waals surface area contributed by atoms with Crippen molar-refractivity contribution in [3.8, 4) is 5.75 Å². The highest BCUT2D eigenvalue weighted by atomic mass is 79.9. The smallest absolute Gasteiger partial charge is 0.138 e. The summed E-state index contributed by atoms with van der Waals surface area (Å²) in [6.45, 7) is 0.896. The van der Waals surface area contributed by atoms with Gasteiger partial charge in [0.1, 0.15) is 12.4 Å². The van der Waals surface area contributed by atoms with Crippen LogP contribution in [-0.2, 0) is 20.2 Å². The summed E-state index contributed by atoms with van der Waals surface area (Å²) in [7, 11) is 1.88. The van der Waals surface area contributed by atoms with Crippen LogP contribution in [0.15, 0.2) is 34.9 Å². The molecule has 2 aromatic rings. The first-order chi connectivity index (χ1) is 8.20. The molecule has 17 heavy (non-hydrogen) atoms. The van der Waals surface area contributed by atoms with Crippen molar-refractivity contribution < 1.29 is 4.74 Å². The van der Waals surface area contributed by atoms with E-state index >= 15 is 0 Å². The highest BCUT2D eigenvalue weighted by Crippen LogP contribution is 2.29. The lowest BCUT2D eigenvalue weighted by atomic mass is 10.2. The van der Waals surface area contributed by atoms with Gasteiger partial charge in [-0.2, -0.15) is 5.10 Å². The van der Waals surface area contributed by atoms with Crippen LogP contribution in [0.4, 0.5) is 0 Å². The number of benzene rings is 1. The summed E-state index contributed by atoms with van der Waals surface area (Å²) in [5.41, 5.74) is 7.55. The number of ether oxygens (including phenoxy) is 1. The SMILES string of the molecule is Cn1ccc(COc2c(Br)cccc2CN)n1. The Morgan fingerprint density at radius 2 is 2.24 bits per heavy atom. The van der Waals surface area contributed by atoms with Gasteiger partial charge in [0.05, 0.1) is 10.2 Å². The number of aromatic nitrogens is 2. The summed E-state index contributed by atoms with van der Waals surface area (Å²) >= 11 is 3.46. The van der Waals surface area contributed by atoms with Crippen molar-refractivity contribution in [2.75, 3.05) is 0 Å². The van der Waals surface area contributed by atoms with E-state index < -0.39 is 0 Å². The number of rotatable bonds is 4. The van der Waals surface area contributed by atoms with E-state index in [4.69, 9.17) is 10.5 Å². The average Bonchev–Trinajstić information content (AvgIpc) is 2.73. The van der Waals surface area contributed by atoms with Gasteiger partial charge in [-0.3, -0.25) is 4.68 Å². The molecule has 0 bridgehead atoms. The van der Waals surface area contributed by atoms with Crippen LogP contribution in [0.1, 0.15) is 11.3 Å². The molecule has 2 rings (SSSR count). The van der Waals surface area contributed by atoms with Gasteiger partial charge in [-0.25, -0.2) is 0 Å². The van der Waals surface area contributed by atoms with Crippen LogP contribution in [0, 0.1) is 0 Å². The Bertz CT molecular complexity index is 510. The Labute approximate surface area is 109 Å². The summed E-state index contributed by atoms with van der Waals surface area (Å²) in [4.78, 5) is 0. The average molecular weight is 296 g/mol. The highest BCUT2D eigenvalue weighted by Gasteiger charge is 2.07. The lowest BCUT2D eigenvalue weighted by Gasteiger charge is -2.11. The summed E-state index contributed by atoms with van der Waals surface area (Å²) in [6.07, 6.45) is 1.89. The summed E-state index contributed by atoms with van der Waals surface area (Å²) in [5.74, 6) is 0.792. The summed E-state index contributed by atoms with van der Waals surface area (Å²) in [6, 6.07) is 7.77. The lowest BCUT2D eigenvalue weighted by molar-refractivity contribution is 0.295. The van der Waals surface area contributed by atoms with Crippen molar-refractivity contribution in [1.82, 2.24) is 9.78 Å². The fourth-order valence-corrected chi connectivity index (χ4v) is 2.08. The molecule has 0 saturated carbocycles. The Balaban J connectivity index is 2.13. The molecule has 0 fully saturated rings. The van der Waals surface area contributed by atoms with E-state index in [1.807, 2.05) is 37.5 Å². The molecule has 5 heteroatoms. The molecule has 0 atom stereocenters. The van der Waals surface area contributed by atoms with Crippen molar-refractivity contribution in [3.63, 3.8) is 0 Å². The molecule has 0 aliphatic carbocycles. The van der Waals surface area contributed by atoms with Crippen molar-refractivity contribution in [1.29, 1.82) is 0 Å². The van der Waals surface area contributed by atoms with Gasteiger partial charge in [0.25, 0.3) is 0 Å². The zero-order chi connectivity index (χ0) is 12.3. The topological polar surface area (TPSA) is 53.1 Å². The van der Waals surface area contributed by atoms with Crippen LogP contribution in [-0.4, -0.2) is 9.78 Å². The summed E-state index contributed by atoms with van der Waals surface area (Å²) < 4.78 is 8.42. The molecule has 0 saturated heterocycles. The van der Waals surface area contributed by atoms with E-state index in [0.29, 0.717) is 13.2 Å². The fraction of sp³-hybridized carbons (Fsp3) is 0.250. The second kappa shape index (κ2) is 5.33. The van der Waals surface area contributed by atoms with Gasteiger partial charge in [0.2, 0.25) is 0 Å². The molecule has 0 spiro atoms. The van der Waals surface area contributed by atoms with E-state index in [1.165, 1.54) is 0 Å². The Morgan fingerprint density at radius 3 is 2.88 bits per heavy atom. The van der Waals surface area contributed by atoms with Crippen LogP contribution in [0.2, 0.25) is 0 Å². The minimum Gasteiger partial charge on any atom is -0.486 e. The zero-order valence-electron chi connectivity index (χ0n) is 9.56. The van der Waals surface area contributed by atoms with Gasteiger partial charge in [-0.05, 0) is 28.1 Å². The van der Waals surface area contributed by atoms with Crippen LogP contribution in [0.25, 0.3) is 0 Å². The van der Waals surface area contributed by atoms with E-state index in [9.17, 15) is 0 Å². The quantitative estimate of drug-likeness (QED) is 0.941. The maximum atomic E-state index is 5.76. The third-order valence-corrected chi connectivity index (χ3v) is 3.03. The minimum absolute atomic E-state index is 0.441. The maximum Gasteiger partial charge on any atom is 0.138 e. The molecule has 0 amide bonds. The predicted octanol–water partition coefficient (Wildman–Crippen LogP) is 2.22. The Kier molecular flexibility index (Phi) is 3.81. The fourth-order valence-electron chi connectivity index (χ4n) is 1.56. The third kappa shape index (κ3) is 2.87. The first-order valence-corrected chi connectivity index (χ1v) is 6.09. The third-order valence-electron chi connectivity index (χ3n) is 2.40.